The lowest BCUT2D eigenvalue weighted by molar-refractivity contribution is -0.132. The summed E-state index contributed by atoms with van der Waals surface area (Å²) >= 11 is 1.95. The molecule has 1 aliphatic carbocycles. The van der Waals surface area contributed by atoms with Crippen molar-refractivity contribution in [2.24, 2.45) is 0 Å². The minimum absolute atomic E-state index is 0.318. The fourth-order valence-electron chi connectivity index (χ4n) is 2.78. The van der Waals surface area contributed by atoms with Crippen LogP contribution in [0.2, 0.25) is 0 Å². The first-order chi connectivity index (χ1) is 10.2. The van der Waals surface area contributed by atoms with Gasteiger partial charge in [0.25, 0.3) is 0 Å². The summed E-state index contributed by atoms with van der Waals surface area (Å²) in [6, 6.07) is 9.39. The first-order valence-electron chi connectivity index (χ1n) is 7.88. The summed E-state index contributed by atoms with van der Waals surface area (Å²) in [7, 11) is 0. The van der Waals surface area contributed by atoms with Crippen molar-refractivity contribution >= 4 is 17.7 Å². The lowest BCUT2D eigenvalue weighted by Gasteiger charge is -2.27. The van der Waals surface area contributed by atoms with Gasteiger partial charge in [0.1, 0.15) is 0 Å². The number of carbonyl (C=O) groups is 1. The largest absolute Gasteiger partial charge is 0.335 e. The van der Waals surface area contributed by atoms with Crippen LogP contribution < -0.4 is 5.32 Å². The topological polar surface area (TPSA) is 32.3 Å². The zero-order chi connectivity index (χ0) is 14.7. The molecular weight excluding hydrogens is 280 g/mol. The number of nitrogens with zero attached hydrogens (tertiary/aromatic N) is 1. The molecule has 0 aromatic heterocycles. The molecule has 2 fully saturated rings. The Morgan fingerprint density at radius 2 is 2.10 bits per heavy atom. The average Bonchev–Trinajstić information content (AvgIpc) is 3.32. The van der Waals surface area contributed by atoms with Gasteiger partial charge in [-0.25, -0.2) is 0 Å². The molecule has 0 radical (unpaired) electrons. The van der Waals surface area contributed by atoms with E-state index in [1.807, 2.05) is 11.8 Å². The summed E-state index contributed by atoms with van der Waals surface area (Å²) in [4.78, 5) is 14.7. The van der Waals surface area contributed by atoms with E-state index in [1.165, 1.54) is 29.7 Å². The third kappa shape index (κ3) is 4.24. The van der Waals surface area contributed by atoms with Crippen molar-refractivity contribution in [2.45, 2.75) is 44.8 Å². The van der Waals surface area contributed by atoms with Crippen LogP contribution in [0.3, 0.4) is 0 Å². The number of rotatable bonds is 5. The highest BCUT2D eigenvalue weighted by Gasteiger charge is 2.33. The Morgan fingerprint density at radius 1 is 1.33 bits per heavy atom. The van der Waals surface area contributed by atoms with E-state index < -0.39 is 0 Å². The number of aryl methyl sites for hydroxylation is 1. The van der Waals surface area contributed by atoms with Gasteiger partial charge >= 0.3 is 0 Å². The number of carbonyl (C=O) groups excluding carboxylic acids is 1. The molecule has 0 bridgehead atoms. The maximum Gasteiger partial charge on any atom is 0.224 e. The van der Waals surface area contributed by atoms with Gasteiger partial charge in [-0.05, 0) is 25.3 Å². The van der Waals surface area contributed by atoms with E-state index in [-0.39, 0.29) is 0 Å². The number of amides is 1. The first kappa shape index (κ1) is 14.9. The first-order valence-corrected chi connectivity index (χ1v) is 9.04. The normalized spacial score (nSPS) is 22.0. The lowest BCUT2D eigenvalue weighted by Crippen LogP contribution is -2.43. The number of hydrogen-bond donors (Lipinski definition) is 1. The molecule has 0 spiro atoms. The molecule has 1 atom stereocenters. The van der Waals surface area contributed by atoms with Gasteiger partial charge < -0.3 is 10.2 Å². The van der Waals surface area contributed by atoms with E-state index in [4.69, 9.17) is 0 Å². The van der Waals surface area contributed by atoms with Crippen LogP contribution in [0, 0.1) is 6.92 Å². The van der Waals surface area contributed by atoms with Crippen LogP contribution in [-0.4, -0.2) is 40.9 Å². The van der Waals surface area contributed by atoms with Crippen molar-refractivity contribution < 1.29 is 4.79 Å². The minimum Gasteiger partial charge on any atom is -0.335 e. The van der Waals surface area contributed by atoms with Crippen LogP contribution in [-0.2, 0) is 11.3 Å². The Hall–Kier alpha value is -1.00. The second kappa shape index (κ2) is 6.84. The number of benzene rings is 1. The van der Waals surface area contributed by atoms with E-state index in [2.05, 4.69) is 41.4 Å². The molecule has 1 unspecified atom stereocenters. The monoisotopic (exact) mass is 304 g/mol. The van der Waals surface area contributed by atoms with Crippen LogP contribution >= 0.6 is 11.8 Å². The fourth-order valence-corrected chi connectivity index (χ4v) is 3.73. The summed E-state index contributed by atoms with van der Waals surface area (Å²) in [6.45, 7) is 3.90. The van der Waals surface area contributed by atoms with Gasteiger partial charge in [-0.15, -0.1) is 0 Å². The molecule has 1 heterocycles. The smallest absolute Gasteiger partial charge is 0.224 e. The van der Waals surface area contributed by atoms with Crippen molar-refractivity contribution in [3.05, 3.63) is 35.4 Å². The molecule has 4 heteroatoms. The Kier molecular flexibility index (Phi) is 4.86. The van der Waals surface area contributed by atoms with Crippen LogP contribution in [0.1, 0.15) is 30.4 Å². The van der Waals surface area contributed by atoms with Gasteiger partial charge in [-0.2, -0.15) is 11.8 Å². The molecule has 2 aliphatic rings. The molecule has 1 aromatic carbocycles. The Bertz CT molecular complexity index is 478. The molecule has 114 valence electrons. The van der Waals surface area contributed by atoms with Gasteiger partial charge in [0, 0.05) is 43.1 Å². The predicted octanol–water partition coefficient (Wildman–Crippen LogP) is 2.58. The van der Waals surface area contributed by atoms with Gasteiger partial charge in [-0.1, -0.05) is 29.8 Å². The zero-order valence-electron chi connectivity index (χ0n) is 12.7. The van der Waals surface area contributed by atoms with E-state index in [0.717, 1.165) is 18.8 Å². The highest BCUT2D eigenvalue weighted by atomic mass is 32.2. The van der Waals surface area contributed by atoms with E-state index in [0.29, 0.717) is 24.4 Å². The number of thioether (sulfide) groups is 1. The molecule has 21 heavy (non-hydrogen) atoms. The van der Waals surface area contributed by atoms with Crippen LogP contribution in [0.25, 0.3) is 0 Å². The Labute approximate surface area is 131 Å². The molecule has 1 amide bonds. The van der Waals surface area contributed by atoms with Gasteiger partial charge in [-0.3, -0.25) is 4.79 Å². The zero-order valence-corrected chi connectivity index (χ0v) is 13.5. The molecular formula is C17H24N2OS. The molecule has 1 N–H and O–H groups in total. The predicted molar refractivity (Wildman–Crippen MR) is 88.5 cm³/mol. The molecule has 3 rings (SSSR count). The van der Waals surface area contributed by atoms with Crippen molar-refractivity contribution in [2.75, 3.05) is 18.1 Å². The minimum atomic E-state index is 0.318. The fraction of sp³-hybridized carbons (Fsp3) is 0.588. The third-order valence-corrected chi connectivity index (χ3v) is 5.33. The number of hydrogen-bond acceptors (Lipinski definition) is 3. The van der Waals surface area contributed by atoms with Crippen molar-refractivity contribution in [3.8, 4) is 0 Å². The highest BCUT2D eigenvalue weighted by molar-refractivity contribution is 7.99. The van der Waals surface area contributed by atoms with Crippen molar-refractivity contribution in [1.82, 2.24) is 10.2 Å². The Morgan fingerprint density at radius 3 is 2.71 bits per heavy atom. The van der Waals surface area contributed by atoms with E-state index in [9.17, 15) is 4.79 Å². The summed E-state index contributed by atoms with van der Waals surface area (Å²) in [5.41, 5.74) is 2.51. The van der Waals surface area contributed by atoms with Gasteiger partial charge in [0.05, 0.1) is 0 Å². The number of nitrogens with one attached hydrogen (secondary N) is 1. The maximum atomic E-state index is 12.6. The second-order valence-corrected chi connectivity index (χ2v) is 7.32. The molecule has 1 aromatic rings. The third-order valence-electron chi connectivity index (χ3n) is 4.20. The quantitative estimate of drug-likeness (QED) is 0.907. The van der Waals surface area contributed by atoms with Crippen molar-refractivity contribution in [1.29, 1.82) is 0 Å². The molecule has 1 aliphatic heterocycles. The molecule has 3 nitrogen and oxygen atoms in total. The highest BCUT2D eigenvalue weighted by Crippen LogP contribution is 2.29. The summed E-state index contributed by atoms with van der Waals surface area (Å²) in [6.07, 6.45) is 2.99. The standard InChI is InChI=1S/C17H24N2OS/c1-13-2-4-14(5-3-13)11-19(16-6-7-16)17(20)10-15-12-21-9-8-18-15/h2-5,15-16,18H,6-12H2,1H3. The van der Waals surface area contributed by atoms with Crippen LogP contribution in [0.5, 0.6) is 0 Å². The Balaban J connectivity index is 1.60. The summed E-state index contributed by atoms with van der Waals surface area (Å²) in [5, 5.41) is 3.47. The lowest BCUT2D eigenvalue weighted by atomic mass is 10.1. The van der Waals surface area contributed by atoms with Crippen LogP contribution in [0.15, 0.2) is 24.3 Å². The molecule has 1 saturated carbocycles. The summed E-state index contributed by atoms with van der Waals surface area (Å²) < 4.78 is 0. The second-order valence-electron chi connectivity index (χ2n) is 6.17. The van der Waals surface area contributed by atoms with Gasteiger partial charge in [0.15, 0.2) is 0 Å². The van der Waals surface area contributed by atoms with Crippen molar-refractivity contribution in [3.63, 3.8) is 0 Å². The summed E-state index contributed by atoms with van der Waals surface area (Å²) in [5.74, 6) is 2.55. The maximum absolute atomic E-state index is 12.6. The SMILES string of the molecule is Cc1ccc(CN(C(=O)CC2CSCCN2)C2CC2)cc1. The average molecular weight is 304 g/mol. The van der Waals surface area contributed by atoms with Crippen LogP contribution in [0.4, 0.5) is 0 Å². The van der Waals surface area contributed by atoms with E-state index in [1.54, 1.807) is 0 Å². The van der Waals surface area contributed by atoms with Gasteiger partial charge in [0.2, 0.25) is 5.91 Å². The molecule has 1 saturated heterocycles. The van der Waals surface area contributed by atoms with E-state index >= 15 is 0 Å².